The first-order valence-electron chi connectivity index (χ1n) is 8.88. The first kappa shape index (κ1) is 17.8. The molecule has 25 heavy (non-hydrogen) atoms. The van der Waals surface area contributed by atoms with Crippen LogP contribution in [0.25, 0.3) is 16.8 Å². The van der Waals surface area contributed by atoms with Gasteiger partial charge in [0.25, 0.3) is 0 Å². The zero-order valence-electron chi connectivity index (χ0n) is 15.9. The van der Waals surface area contributed by atoms with Gasteiger partial charge in [0.1, 0.15) is 11.5 Å². The predicted octanol–water partition coefficient (Wildman–Crippen LogP) is 5.73. The third-order valence-electron chi connectivity index (χ3n) is 4.87. The summed E-state index contributed by atoms with van der Waals surface area (Å²) >= 11 is 6.24. The molecule has 0 spiro atoms. The number of aryl methyl sites for hydroxylation is 4. The number of aromatic nitrogens is 2. The lowest BCUT2D eigenvalue weighted by molar-refractivity contribution is 0.829. The van der Waals surface area contributed by atoms with Crippen LogP contribution >= 0.6 is 11.6 Å². The molecule has 2 heterocycles. The SMILES string of the molecule is CCN(CC)c1cc(C)nc2c(-c3c(C)cc(Cl)cc3C)c(C)cn12. The molecule has 132 valence electrons. The van der Waals surface area contributed by atoms with Crippen molar-refractivity contribution in [2.24, 2.45) is 0 Å². The summed E-state index contributed by atoms with van der Waals surface area (Å²) in [5, 5.41) is 0.785. The van der Waals surface area contributed by atoms with E-state index in [4.69, 9.17) is 16.6 Å². The van der Waals surface area contributed by atoms with Crippen molar-refractivity contribution in [3.8, 4) is 11.1 Å². The number of halogens is 1. The van der Waals surface area contributed by atoms with Crippen LogP contribution in [0.15, 0.2) is 24.4 Å². The highest BCUT2D eigenvalue weighted by Crippen LogP contribution is 2.37. The highest BCUT2D eigenvalue weighted by Gasteiger charge is 2.19. The van der Waals surface area contributed by atoms with Crippen LogP contribution < -0.4 is 4.90 Å². The van der Waals surface area contributed by atoms with Crippen molar-refractivity contribution in [2.45, 2.75) is 41.5 Å². The summed E-state index contributed by atoms with van der Waals surface area (Å²) < 4.78 is 2.23. The molecule has 3 rings (SSSR count). The van der Waals surface area contributed by atoms with Gasteiger partial charge < -0.3 is 4.90 Å². The Labute approximate surface area is 155 Å². The number of nitrogens with zero attached hydrogens (tertiary/aromatic N) is 3. The van der Waals surface area contributed by atoms with Crippen LogP contribution in [0.2, 0.25) is 5.02 Å². The van der Waals surface area contributed by atoms with Gasteiger partial charge in [0.05, 0.1) is 0 Å². The largest absolute Gasteiger partial charge is 0.358 e. The molecule has 0 aliphatic rings. The standard InChI is InChI=1S/C21H26ClN3/c1-7-24(8-2)18-11-16(6)23-21-20(15(5)12-25(18)21)19-13(3)9-17(22)10-14(19)4/h9-12H,7-8H2,1-6H3. The van der Waals surface area contributed by atoms with Crippen molar-refractivity contribution >= 4 is 23.1 Å². The summed E-state index contributed by atoms with van der Waals surface area (Å²) in [6, 6.07) is 6.24. The van der Waals surface area contributed by atoms with Crippen LogP contribution in [0.3, 0.4) is 0 Å². The minimum absolute atomic E-state index is 0.785. The second-order valence-electron chi connectivity index (χ2n) is 6.72. The molecule has 0 saturated heterocycles. The number of benzene rings is 1. The fourth-order valence-corrected chi connectivity index (χ4v) is 4.09. The molecule has 0 saturated carbocycles. The summed E-state index contributed by atoms with van der Waals surface area (Å²) in [4.78, 5) is 7.26. The number of hydrogen-bond donors (Lipinski definition) is 0. The molecule has 3 nitrogen and oxygen atoms in total. The van der Waals surface area contributed by atoms with E-state index in [1.165, 1.54) is 33.6 Å². The average molecular weight is 356 g/mol. The van der Waals surface area contributed by atoms with Gasteiger partial charge in [-0.05, 0) is 75.9 Å². The van der Waals surface area contributed by atoms with E-state index in [0.29, 0.717) is 0 Å². The van der Waals surface area contributed by atoms with Crippen molar-refractivity contribution in [3.63, 3.8) is 0 Å². The van der Waals surface area contributed by atoms with Gasteiger partial charge in [0, 0.05) is 41.6 Å². The molecule has 0 aliphatic carbocycles. The molecule has 0 fully saturated rings. The highest BCUT2D eigenvalue weighted by atomic mass is 35.5. The Morgan fingerprint density at radius 2 is 1.52 bits per heavy atom. The minimum atomic E-state index is 0.785. The van der Waals surface area contributed by atoms with Crippen molar-refractivity contribution in [1.82, 2.24) is 9.38 Å². The van der Waals surface area contributed by atoms with E-state index in [2.05, 4.69) is 63.1 Å². The van der Waals surface area contributed by atoms with Gasteiger partial charge in [-0.1, -0.05) is 11.6 Å². The first-order chi connectivity index (χ1) is 11.9. The zero-order chi connectivity index (χ0) is 18.3. The molecule has 1 aromatic carbocycles. The smallest absolute Gasteiger partial charge is 0.146 e. The van der Waals surface area contributed by atoms with Gasteiger partial charge >= 0.3 is 0 Å². The molecule has 0 bridgehead atoms. The van der Waals surface area contributed by atoms with E-state index in [9.17, 15) is 0 Å². The summed E-state index contributed by atoms with van der Waals surface area (Å²) in [6.07, 6.45) is 2.21. The molecular formula is C21H26ClN3. The Kier molecular flexibility index (Phi) is 4.79. The van der Waals surface area contributed by atoms with Crippen molar-refractivity contribution in [3.05, 3.63) is 51.8 Å². The third-order valence-corrected chi connectivity index (χ3v) is 5.09. The molecule has 0 N–H and O–H groups in total. The van der Waals surface area contributed by atoms with E-state index in [0.717, 1.165) is 29.5 Å². The maximum absolute atomic E-state index is 6.24. The summed E-state index contributed by atoms with van der Waals surface area (Å²) in [5.74, 6) is 1.20. The quantitative estimate of drug-likeness (QED) is 0.595. The van der Waals surface area contributed by atoms with Crippen LogP contribution in [0.4, 0.5) is 5.82 Å². The third kappa shape index (κ3) is 3.02. The lowest BCUT2D eigenvalue weighted by Gasteiger charge is -2.23. The van der Waals surface area contributed by atoms with Crippen LogP contribution in [0.1, 0.15) is 36.2 Å². The van der Waals surface area contributed by atoms with Gasteiger partial charge in [-0.2, -0.15) is 0 Å². The van der Waals surface area contributed by atoms with Gasteiger partial charge in [0.2, 0.25) is 0 Å². The second-order valence-corrected chi connectivity index (χ2v) is 7.16. The molecular weight excluding hydrogens is 330 g/mol. The Morgan fingerprint density at radius 1 is 0.920 bits per heavy atom. The van der Waals surface area contributed by atoms with Crippen LogP contribution in [-0.4, -0.2) is 22.5 Å². The molecule has 4 heteroatoms. The lowest BCUT2D eigenvalue weighted by Crippen LogP contribution is -2.24. The van der Waals surface area contributed by atoms with Crippen molar-refractivity contribution in [1.29, 1.82) is 0 Å². The van der Waals surface area contributed by atoms with Gasteiger partial charge in [-0.15, -0.1) is 0 Å². The van der Waals surface area contributed by atoms with Crippen LogP contribution in [0, 0.1) is 27.7 Å². The fourth-order valence-electron chi connectivity index (χ4n) is 3.76. The first-order valence-corrected chi connectivity index (χ1v) is 9.26. The summed E-state index contributed by atoms with van der Waals surface area (Å²) in [6.45, 7) is 14.8. The average Bonchev–Trinajstić information content (AvgIpc) is 2.84. The Hall–Kier alpha value is -2.00. The molecule has 0 radical (unpaired) electrons. The summed E-state index contributed by atoms with van der Waals surface area (Å²) in [5.41, 5.74) is 8.13. The lowest BCUT2D eigenvalue weighted by atomic mass is 9.95. The molecule has 3 aromatic rings. The van der Waals surface area contributed by atoms with E-state index in [-0.39, 0.29) is 0 Å². The van der Waals surface area contributed by atoms with E-state index in [1.807, 2.05) is 12.1 Å². The monoisotopic (exact) mass is 355 g/mol. The molecule has 2 aromatic heterocycles. The number of anilines is 1. The van der Waals surface area contributed by atoms with Gasteiger partial charge in [0.15, 0.2) is 0 Å². The Balaban J connectivity index is 2.37. The maximum atomic E-state index is 6.24. The molecule has 0 aliphatic heterocycles. The highest BCUT2D eigenvalue weighted by molar-refractivity contribution is 6.30. The van der Waals surface area contributed by atoms with Crippen LogP contribution in [0.5, 0.6) is 0 Å². The second kappa shape index (κ2) is 6.72. The van der Waals surface area contributed by atoms with E-state index < -0.39 is 0 Å². The number of rotatable bonds is 4. The number of hydrogen-bond acceptors (Lipinski definition) is 2. The molecule has 0 unspecified atom stereocenters. The Morgan fingerprint density at radius 3 is 2.08 bits per heavy atom. The normalized spacial score (nSPS) is 11.3. The van der Waals surface area contributed by atoms with Gasteiger partial charge in [-0.25, -0.2) is 4.98 Å². The van der Waals surface area contributed by atoms with Crippen molar-refractivity contribution in [2.75, 3.05) is 18.0 Å². The minimum Gasteiger partial charge on any atom is -0.358 e. The van der Waals surface area contributed by atoms with Crippen LogP contribution in [-0.2, 0) is 0 Å². The van der Waals surface area contributed by atoms with E-state index in [1.54, 1.807) is 0 Å². The molecule has 0 amide bonds. The molecule has 0 atom stereocenters. The predicted molar refractivity (Wildman–Crippen MR) is 108 cm³/mol. The fraction of sp³-hybridized carbons (Fsp3) is 0.381. The Bertz CT molecular complexity index is 913. The van der Waals surface area contributed by atoms with Gasteiger partial charge in [-0.3, -0.25) is 4.40 Å². The summed E-state index contributed by atoms with van der Waals surface area (Å²) in [7, 11) is 0. The van der Waals surface area contributed by atoms with Crippen molar-refractivity contribution < 1.29 is 0 Å². The topological polar surface area (TPSA) is 20.5 Å². The maximum Gasteiger partial charge on any atom is 0.146 e. The van der Waals surface area contributed by atoms with E-state index >= 15 is 0 Å². The zero-order valence-corrected chi connectivity index (χ0v) is 16.7. The number of fused-ring (bicyclic) bond motifs is 1.